The van der Waals surface area contributed by atoms with Gasteiger partial charge in [-0.15, -0.1) is 0 Å². The van der Waals surface area contributed by atoms with Crippen LogP contribution in [0.15, 0.2) is 42.5 Å². The van der Waals surface area contributed by atoms with Crippen LogP contribution in [0.4, 0.5) is 23.2 Å². The van der Waals surface area contributed by atoms with Gasteiger partial charge >= 0.3 is 6.18 Å². The maximum atomic E-state index is 13.5. The molecule has 2 aromatic carbocycles. The molecular weight excluding hydrogens is 258 g/mol. The van der Waals surface area contributed by atoms with Gasteiger partial charge in [0.2, 0.25) is 0 Å². The van der Waals surface area contributed by atoms with E-state index in [2.05, 4.69) is 4.85 Å². The minimum absolute atomic E-state index is 0.0736. The molecule has 96 valence electrons. The van der Waals surface area contributed by atoms with Crippen molar-refractivity contribution in [1.82, 2.24) is 0 Å². The third-order valence-electron chi connectivity index (χ3n) is 2.61. The van der Waals surface area contributed by atoms with Crippen LogP contribution in [-0.2, 0) is 6.18 Å². The number of nitrogens with zero attached hydrogens (tertiary/aromatic N) is 1. The zero-order valence-corrected chi connectivity index (χ0v) is 9.50. The van der Waals surface area contributed by atoms with Gasteiger partial charge in [-0.25, -0.2) is 9.24 Å². The summed E-state index contributed by atoms with van der Waals surface area (Å²) in [5.74, 6) is -0.605. The van der Waals surface area contributed by atoms with Crippen molar-refractivity contribution < 1.29 is 17.6 Å². The van der Waals surface area contributed by atoms with E-state index in [4.69, 9.17) is 6.57 Å². The van der Waals surface area contributed by atoms with E-state index in [9.17, 15) is 17.6 Å². The molecule has 0 aromatic heterocycles. The topological polar surface area (TPSA) is 4.36 Å². The molecule has 0 amide bonds. The summed E-state index contributed by atoms with van der Waals surface area (Å²) in [6.45, 7) is 6.73. The van der Waals surface area contributed by atoms with Gasteiger partial charge in [0.1, 0.15) is 5.82 Å². The highest BCUT2D eigenvalue weighted by Gasteiger charge is 2.33. The Morgan fingerprint density at radius 3 is 2.26 bits per heavy atom. The molecule has 2 aromatic rings. The first-order chi connectivity index (χ1) is 8.93. The zero-order valence-electron chi connectivity index (χ0n) is 9.50. The van der Waals surface area contributed by atoms with Crippen LogP contribution in [0.1, 0.15) is 5.56 Å². The monoisotopic (exact) mass is 265 g/mol. The van der Waals surface area contributed by atoms with Crippen LogP contribution in [0, 0.1) is 12.4 Å². The van der Waals surface area contributed by atoms with Crippen molar-refractivity contribution >= 4 is 5.69 Å². The molecular formula is C14H7F4N. The second kappa shape index (κ2) is 4.73. The van der Waals surface area contributed by atoms with E-state index in [-0.39, 0.29) is 11.1 Å². The lowest BCUT2D eigenvalue weighted by atomic mass is 10.0. The molecule has 0 fully saturated rings. The standard InChI is InChI=1S/C14H7F4N/c1-19-13-7-6-9(8-11(13)14(16,17)18)10-4-2-3-5-12(10)15/h2-8H. The Labute approximate surface area is 106 Å². The fourth-order valence-corrected chi connectivity index (χ4v) is 1.72. The molecule has 0 N–H and O–H groups in total. The molecule has 0 radical (unpaired) electrons. The molecule has 0 unspecified atom stereocenters. The lowest BCUT2D eigenvalue weighted by Crippen LogP contribution is -2.05. The number of benzene rings is 2. The van der Waals surface area contributed by atoms with Gasteiger partial charge in [-0.2, -0.15) is 13.2 Å². The molecule has 0 saturated heterocycles. The Morgan fingerprint density at radius 1 is 1.00 bits per heavy atom. The van der Waals surface area contributed by atoms with Crippen molar-refractivity contribution in [2.75, 3.05) is 0 Å². The van der Waals surface area contributed by atoms with Crippen molar-refractivity contribution in [3.05, 3.63) is 65.3 Å². The van der Waals surface area contributed by atoms with Crippen molar-refractivity contribution in [2.24, 2.45) is 0 Å². The molecule has 19 heavy (non-hydrogen) atoms. The highest BCUT2D eigenvalue weighted by atomic mass is 19.4. The summed E-state index contributed by atoms with van der Waals surface area (Å²) < 4.78 is 51.9. The number of hydrogen-bond acceptors (Lipinski definition) is 0. The third-order valence-corrected chi connectivity index (χ3v) is 2.61. The highest BCUT2D eigenvalue weighted by molar-refractivity contribution is 5.69. The Balaban J connectivity index is 2.63. The summed E-state index contributed by atoms with van der Waals surface area (Å²) in [5.41, 5.74) is -1.38. The van der Waals surface area contributed by atoms with Crippen molar-refractivity contribution in [2.45, 2.75) is 6.18 Å². The molecule has 0 bridgehead atoms. The molecule has 0 heterocycles. The van der Waals surface area contributed by atoms with Gasteiger partial charge < -0.3 is 0 Å². The van der Waals surface area contributed by atoms with E-state index in [1.54, 1.807) is 0 Å². The Bertz CT molecular complexity index is 653. The van der Waals surface area contributed by atoms with E-state index >= 15 is 0 Å². The van der Waals surface area contributed by atoms with E-state index in [0.29, 0.717) is 0 Å². The maximum Gasteiger partial charge on any atom is 0.407 e. The largest absolute Gasteiger partial charge is 0.407 e. The van der Waals surface area contributed by atoms with Crippen LogP contribution in [0.3, 0.4) is 0 Å². The van der Waals surface area contributed by atoms with Crippen LogP contribution < -0.4 is 0 Å². The summed E-state index contributed by atoms with van der Waals surface area (Å²) in [4.78, 5) is 2.83. The molecule has 1 nitrogen and oxygen atoms in total. The van der Waals surface area contributed by atoms with Gasteiger partial charge in [0.25, 0.3) is 0 Å². The summed E-state index contributed by atoms with van der Waals surface area (Å²) >= 11 is 0. The molecule has 5 heteroatoms. The van der Waals surface area contributed by atoms with E-state index in [1.165, 1.54) is 30.3 Å². The lowest BCUT2D eigenvalue weighted by Gasteiger charge is -2.11. The molecule has 0 aliphatic rings. The van der Waals surface area contributed by atoms with Gasteiger partial charge in [0.05, 0.1) is 12.1 Å². The van der Waals surface area contributed by atoms with Gasteiger partial charge in [-0.05, 0) is 11.6 Å². The first-order valence-corrected chi connectivity index (χ1v) is 5.27. The van der Waals surface area contributed by atoms with E-state index in [1.807, 2.05) is 0 Å². The van der Waals surface area contributed by atoms with Gasteiger partial charge in [0, 0.05) is 5.56 Å². The van der Waals surface area contributed by atoms with Crippen LogP contribution in [0.2, 0.25) is 0 Å². The number of alkyl halides is 3. The molecule has 0 aliphatic carbocycles. The van der Waals surface area contributed by atoms with Crippen LogP contribution in [0.25, 0.3) is 16.0 Å². The van der Waals surface area contributed by atoms with Crippen molar-refractivity contribution in [3.8, 4) is 11.1 Å². The zero-order chi connectivity index (χ0) is 14.0. The fraction of sp³-hybridized carbons (Fsp3) is 0.0714. The quantitative estimate of drug-likeness (QED) is 0.501. The minimum Gasteiger partial charge on any atom is -0.238 e. The lowest BCUT2D eigenvalue weighted by molar-refractivity contribution is -0.136. The Hall–Kier alpha value is -2.35. The average Bonchev–Trinajstić information content (AvgIpc) is 2.37. The van der Waals surface area contributed by atoms with Gasteiger partial charge in [-0.1, -0.05) is 36.4 Å². The average molecular weight is 265 g/mol. The van der Waals surface area contributed by atoms with Gasteiger partial charge in [0.15, 0.2) is 5.69 Å². The number of halogens is 4. The molecule has 0 saturated carbocycles. The maximum absolute atomic E-state index is 13.5. The summed E-state index contributed by atoms with van der Waals surface area (Å²) in [5, 5.41) is 0. The molecule has 0 spiro atoms. The summed E-state index contributed by atoms with van der Waals surface area (Å²) in [6, 6.07) is 8.71. The van der Waals surface area contributed by atoms with E-state index < -0.39 is 23.2 Å². The third kappa shape index (κ3) is 2.58. The van der Waals surface area contributed by atoms with Crippen LogP contribution in [-0.4, -0.2) is 0 Å². The fourth-order valence-electron chi connectivity index (χ4n) is 1.72. The summed E-state index contributed by atoms with van der Waals surface area (Å²) in [6.07, 6.45) is -4.64. The highest BCUT2D eigenvalue weighted by Crippen LogP contribution is 2.39. The normalized spacial score (nSPS) is 11.1. The van der Waals surface area contributed by atoms with Crippen molar-refractivity contribution in [3.63, 3.8) is 0 Å². The van der Waals surface area contributed by atoms with Crippen LogP contribution >= 0.6 is 0 Å². The molecule has 0 aliphatic heterocycles. The number of hydrogen-bond donors (Lipinski definition) is 0. The van der Waals surface area contributed by atoms with Crippen LogP contribution in [0.5, 0.6) is 0 Å². The first kappa shape index (κ1) is 13.1. The predicted molar refractivity (Wildman–Crippen MR) is 63.1 cm³/mol. The number of rotatable bonds is 1. The van der Waals surface area contributed by atoms with Crippen molar-refractivity contribution in [1.29, 1.82) is 0 Å². The SMILES string of the molecule is [C-]#[N+]c1ccc(-c2ccccc2F)cc1C(F)(F)F. The minimum atomic E-state index is -4.64. The van der Waals surface area contributed by atoms with E-state index in [0.717, 1.165) is 12.1 Å². The Morgan fingerprint density at radius 2 is 1.68 bits per heavy atom. The summed E-state index contributed by atoms with van der Waals surface area (Å²) in [7, 11) is 0. The molecule has 2 rings (SSSR count). The second-order valence-corrected chi connectivity index (χ2v) is 3.82. The smallest absolute Gasteiger partial charge is 0.238 e. The van der Waals surface area contributed by atoms with Gasteiger partial charge in [-0.3, -0.25) is 0 Å². The Kier molecular flexibility index (Phi) is 3.26. The second-order valence-electron chi connectivity index (χ2n) is 3.82. The molecule has 0 atom stereocenters. The predicted octanol–water partition coefficient (Wildman–Crippen LogP) is 5.06. The first-order valence-electron chi connectivity index (χ1n) is 5.27.